The molecular formula is C14H28N4O. The van der Waals surface area contributed by atoms with E-state index in [4.69, 9.17) is 4.74 Å². The number of likely N-dealkylation sites (N-methyl/N-ethyl adjacent to an activating group) is 1. The van der Waals surface area contributed by atoms with Crippen LogP contribution in [0.5, 0.6) is 0 Å². The second-order valence-corrected chi connectivity index (χ2v) is 5.45. The Hall–Kier alpha value is -1.07. The van der Waals surface area contributed by atoms with Crippen LogP contribution in [0.1, 0.15) is 25.1 Å². The van der Waals surface area contributed by atoms with Gasteiger partial charge >= 0.3 is 0 Å². The van der Waals surface area contributed by atoms with E-state index in [1.165, 1.54) is 11.4 Å². The Morgan fingerprint density at radius 1 is 1.42 bits per heavy atom. The first-order valence-electron chi connectivity index (χ1n) is 6.90. The highest BCUT2D eigenvalue weighted by atomic mass is 16.5. The largest absolute Gasteiger partial charge is 0.383 e. The Kier molecular flexibility index (Phi) is 6.31. The van der Waals surface area contributed by atoms with E-state index in [0.717, 1.165) is 31.9 Å². The highest BCUT2D eigenvalue weighted by Gasteiger charge is 2.16. The van der Waals surface area contributed by atoms with Gasteiger partial charge in [-0.2, -0.15) is 5.10 Å². The average Bonchev–Trinajstić information content (AvgIpc) is 2.61. The molecule has 0 aromatic carbocycles. The molecule has 0 fully saturated rings. The van der Waals surface area contributed by atoms with Crippen molar-refractivity contribution in [2.75, 3.05) is 38.8 Å². The van der Waals surface area contributed by atoms with Crippen LogP contribution < -0.4 is 10.2 Å². The molecule has 5 heteroatoms. The van der Waals surface area contributed by atoms with Gasteiger partial charge in [0.15, 0.2) is 0 Å². The fourth-order valence-corrected chi connectivity index (χ4v) is 2.19. The highest BCUT2D eigenvalue weighted by molar-refractivity contribution is 5.49. The molecule has 0 aliphatic heterocycles. The second kappa shape index (κ2) is 7.50. The highest BCUT2D eigenvalue weighted by Crippen LogP contribution is 2.21. The SMILES string of the molecule is COCCN(C)c1c(CNCC(C)C)c(C)nn1C. The third-order valence-corrected chi connectivity index (χ3v) is 3.16. The molecule has 5 nitrogen and oxygen atoms in total. The summed E-state index contributed by atoms with van der Waals surface area (Å²) in [4.78, 5) is 2.20. The summed E-state index contributed by atoms with van der Waals surface area (Å²) < 4.78 is 7.10. The third-order valence-electron chi connectivity index (χ3n) is 3.16. The molecule has 1 rings (SSSR count). The number of anilines is 1. The van der Waals surface area contributed by atoms with Gasteiger partial charge in [0, 0.05) is 39.9 Å². The topological polar surface area (TPSA) is 42.3 Å². The van der Waals surface area contributed by atoms with E-state index in [9.17, 15) is 0 Å². The van der Waals surface area contributed by atoms with E-state index in [0.29, 0.717) is 5.92 Å². The van der Waals surface area contributed by atoms with Gasteiger partial charge in [-0.1, -0.05) is 13.8 Å². The smallest absolute Gasteiger partial charge is 0.131 e. The van der Waals surface area contributed by atoms with Crippen molar-refractivity contribution in [3.05, 3.63) is 11.3 Å². The summed E-state index contributed by atoms with van der Waals surface area (Å²) in [6.07, 6.45) is 0. The fraction of sp³-hybridized carbons (Fsp3) is 0.786. The van der Waals surface area contributed by atoms with Gasteiger partial charge in [-0.15, -0.1) is 0 Å². The Morgan fingerprint density at radius 2 is 2.11 bits per heavy atom. The van der Waals surface area contributed by atoms with Crippen LogP contribution in [0.25, 0.3) is 0 Å². The molecule has 0 bridgehead atoms. The first kappa shape index (κ1) is 16.0. The summed E-state index contributed by atoms with van der Waals surface area (Å²) in [6.45, 7) is 9.98. The maximum atomic E-state index is 5.15. The van der Waals surface area contributed by atoms with E-state index < -0.39 is 0 Å². The lowest BCUT2D eigenvalue weighted by Crippen LogP contribution is -2.27. The van der Waals surface area contributed by atoms with Crippen molar-refractivity contribution in [1.29, 1.82) is 0 Å². The Balaban J connectivity index is 2.78. The molecule has 0 atom stereocenters. The standard InChI is InChI=1S/C14H28N4O/c1-11(2)9-15-10-13-12(3)16-18(5)14(13)17(4)7-8-19-6/h11,15H,7-10H2,1-6H3. The molecule has 1 heterocycles. The van der Waals surface area contributed by atoms with Gasteiger partial charge in [0.25, 0.3) is 0 Å². The van der Waals surface area contributed by atoms with Gasteiger partial charge in [0.05, 0.1) is 12.3 Å². The number of hydrogen-bond donors (Lipinski definition) is 1. The van der Waals surface area contributed by atoms with Crippen molar-refractivity contribution in [3.63, 3.8) is 0 Å². The lowest BCUT2D eigenvalue weighted by Gasteiger charge is -2.21. The Morgan fingerprint density at radius 3 is 2.68 bits per heavy atom. The number of hydrogen-bond acceptors (Lipinski definition) is 4. The minimum Gasteiger partial charge on any atom is -0.383 e. The van der Waals surface area contributed by atoms with Crippen LogP contribution in [0.15, 0.2) is 0 Å². The summed E-state index contributed by atoms with van der Waals surface area (Å²) >= 11 is 0. The van der Waals surface area contributed by atoms with Crippen molar-refractivity contribution in [1.82, 2.24) is 15.1 Å². The summed E-state index contributed by atoms with van der Waals surface area (Å²) in [6, 6.07) is 0. The van der Waals surface area contributed by atoms with Crippen LogP contribution in [0.3, 0.4) is 0 Å². The van der Waals surface area contributed by atoms with E-state index in [1.807, 2.05) is 11.7 Å². The summed E-state index contributed by atoms with van der Waals surface area (Å²) in [5.74, 6) is 1.83. The molecule has 0 unspecified atom stereocenters. The first-order valence-corrected chi connectivity index (χ1v) is 6.90. The minimum absolute atomic E-state index is 0.659. The van der Waals surface area contributed by atoms with Crippen LogP contribution in [0.4, 0.5) is 5.82 Å². The van der Waals surface area contributed by atoms with Crippen molar-refractivity contribution >= 4 is 5.82 Å². The van der Waals surface area contributed by atoms with E-state index in [-0.39, 0.29) is 0 Å². The molecule has 0 amide bonds. The lowest BCUT2D eigenvalue weighted by atomic mass is 10.2. The number of nitrogens with zero attached hydrogens (tertiary/aromatic N) is 3. The number of rotatable bonds is 8. The van der Waals surface area contributed by atoms with E-state index in [2.05, 4.69) is 43.1 Å². The van der Waals surface area contributed by atoms with Gasteiger partial charge in [-0.05, 0) is 19.4 Å². The van der Waals surface area contributed by atoms with Crippen LogP contribution in [-0.2, 0) is 18.3 Å². The first-order chi connectivity index (χ1) is 8.97. The van der Waals surface area contributed by atoms with Crippen LogP contribution in [0.2, 0.25) is 0 Å². The van der Waals surface area contributed by atoms with Crippen LogP contribution in [0, 0.1) is 12.8 Å². The van der Waals surface area contributed by atoms with Gasteiger partial charge < -0.3 is 15.0 Å². The minimum atomic E-state index is 0.659. The van der Waals surface area contributed by atoms with Gasteiger partial charge in [0.1, 0.15) is 5.82 Å². The van der Waals surface area contributed by atoms with Crippen molar-refractivity contribution in [3.8, 4) is 0 Å². The molecule has 110 valence electrons. The van der Waals surface area contributed by atoms with Gasteiger partial charge in [0.2, 0.25) is 0 Å². The molecule has 0 saturated heterocycles. The van der Waals surface area contributed by atoms with Crippen LogP contribution in [-0.4, -0.2) is 43.6 Å². The second-order valence-electron chi connectivity index (χ2n) is 5.45. The summed E-state index contributed by atoms with van der Waals surface area (Å²) in [7, 11) is 5.81. The predicted octanol–water partition coefficient (Wildman–Crippen LogP) is 1.56. The number of aryl methyl sites for hydroxylation is 2. The molecule has 1 N–H and O–H groups in total. The number of nitrogens with one attached hydrogen (secondary N) is 1. The Bertz CT molecular complexity index is 387. The molecule has 0 spiro atoms. The zero-order valence-corrected chi connectivity index (χ0v) is 13.2. The maximum absolute atomic E-state index is 5.15. The summed E-state index contributed by atoms with van der Waals surface area (Å²) in [5.41, 5.74) is 2.37. The van der Waals surface area contributed by atoms with Crippen molar-refractivity contribution in [2.45, 2.75) is 27.3 Å². The maximum Gasteiger partial charge on any atom is 0.131 e. The Labute approximate surface area is 116 Å². The molecule has 1 aromatic rings. The molecule has 0 saturated carbocycles. The predicted molar refractivity (Wildman–Crippen MR) is 79.6 cm³/mol. The number of aromatic nitrogens is 2. The fourth-order valence-electron chi connectivity index (χ4n) is 2.19. The summed E-state index contributed by atoms with van der Waals surface area (Å²) in [5, 5.41) is 8.03. The zero-order valence-electron chi connectivity index (χ0n) is 13.2. The average molecular weight is 268 g/mol. The molecule has 0 aliphatic carbocycles. The van der Waals surface area contributed by atoms with Gasteiger partial charge in [-0.3, -0.25) is 4.68 Å². The third kappa shape index (κ3) is 4.51. The number of ether oxygens (including phenoxy) is 1. The molecular weight excluding hydrogens is 240 g/mol. The molecule has 0 radical (unpaired) electrons. The van der Waals surface area contributed by atoms with Crippen molar-refractivity contribution in [2.24, 2.45) is 13.0 Å². The van der Waals surface area contributed by atoms with E-state index in [1.54, 1.807) is 7.11 Å². The monoisotopic (exact) mass is 268 g/mol. The molecule has 0 aliphatic rings. The normalized spacial score (nSPS) is 11.3. The number of methoxy groups -OCH3 is 1. The quantitative estimate of drug-likeness (QED) is 0.777. The lowest BCUT2D eigenvalue weighted by molar-refractivity contribution is 0.206. The van der Waals surface area contributed by atoms with Crippen LogP contribution >= 0.6 is 0 Å². The molecule has 19 heavy (non-hydrogen) atoms. The van der Waals surface area contributed by atoms with Gasteiger partial charge in [-0.25, -0.2) is 0 Å². The molecule has 1 aromatic heterocycles. The zero-order chi connectivity index (χ0) is 14.4. The van der Waals surface area contributed by atoms with E-state index >= 15 is 0 Å². The van der Waals surface area contributed by atoms with Crippen molar-refractivity contribution < 1.29 is 4.74 Å².